The van der Waals surface area contributed by atoms with Gasteiger partial charge in [0.25, 0.3) is 0 Å². The third-order valence-corrected chi connectivity index (χ3v) is 5.72. The maximum atomic E-state index is 10.9. The second-order valence-electron chi connectivity index (χ2n) is 7.88. The molecule has 2 aliphatic rings. The molecule has 4 rings (SSSR count). The van der Waals surface area contributed by atoms with Crippen molar-refractivity contribution in [2.24, 2.45) is 0 Å². The monoisotopic (exact) mass is 386 g/mol. The number of hydrogen-bond donors (Lipinski definition) is 2. The summed E-state index contributed by atoms with van der Waals surface area (Å²) in [6.07, 6.45) is 3.98. The molecule has 0 unspecified atom stereocenters. The van der Waals surface area contributed by atoms with Crippen LogP contribution in [-0.2, 0) is 6.54 Å². The number of aromatic carboxylic acids is 1. The average Bonchev–Trinajstić information content (AvgIpc) is 3.36. The molecule has 0 bridgehead atoms. The molecule has 1 aromatic heterocycles. The fourth-order valence-electron chi connectivity index (χ4n) is 4.03. The number of nitrogens with zero attached hydrogens (tertiary/aromatic N) is 4. The molecule has 0 amide bonds. The minimum Gasteiger partial charge on any atom is -0.478 e. The van der Waals surface area contributed by atoms with Gasteiger partial charge in [0.15, 0.2) is 0 Å². The van der Waals surface area contributed by atoms with Crippen molar-refractivity contribution in [2.45, 2.75) is 37.8 Å². The fourth-order valence-corrected chi connectivity index (χ4v) is 4.03. The number of carbonyl (C=O) groups is 1. The van der Waals surface area contributed by atoms with Crippen LogP contribution in [0.4, 0.5) is 0 Å². The zero-order valence-electron chi connectivity index (χ0n) is 15.9. The highest BCUT2D eigenvalue weighted by Gasteiger charge is 2.35. The zero-order valence-corrected chi connectivity index (χ0v) is 15.9. The molecule has 150 valence electrons. The van der Waals surface area contributed by atoms with Gasteiger partial charge in [0.2, 0.25) is 11.7 Å². The second kappa shape index (κ2) is 7.98. The predicted octanol–water partition coefficient (Wildman–Crippen LogP) is 1.86. The molecule has 8 nitrogen and oxygen atoms in total. The molecule has 3 heterocycles. The first-order valence-electron chi connectivity index (χ1n) is 9.84. The van der Waals surface area contributed by atoms with Crippen LogP contribution >= 0.6 is 0 Å². The van der Waals surface area contributed by atoms with E-state index in [9.17, 15) is 9.90 Å². The maximum absolute atomic E-state index is 10.9. The summed E-state index contributed by atoms with van der Waals surface area (Å²) in [6, 6.07) is 6.41. The Morgan fingerprint density at radius 1 is 1.07 bits per heavy atom. The number of carboxylic acids is 1. The molecule has 2 aromatic rings. The molecule has 0 aliphatic carbocycles. The van der Waals surface area contributed by atoms with Gasteiger partial charge < -0.3 is 19.6 Å². The van der Waals surface area contributed by atoms with Crippen LogP contribution in [0.2, 0.25) is 0 Å². The van der Waals surface area contributed by atoms with E-state index in [2.05, 4.69) is 19.9 Å². The van der Waals surface area contributed by atoms with Gasteiger partial charge in [-0.25, -0.2) is 4.79 Å². The van der Waals surface area contributed by atoms with E-state index in [1.807, 2.05) is 0 Å². The van der Waals surface area contributed by atoms with Gasteiger partial charge in [-0.05, 0) is 50.9 Å². The topological polar surface area (TPSA) is 103 Å². The van der Waals surface area contributed by atoms with Gasteiger partial charge in [0.1, 0.15) is 0 Å². The standard InChI is InChI=1S/C20H26N4O4/c25-19(26)16-5-3-15(4-6-16)18-21-17(28-22-18)13-23-11-7-20(27,8-12-23)14-24-9-1-2-10-24/h3-6,27H,1-2,7-14H2,(H,25,26). The Morgan fingerprint density at radius 2 is 1.75 bits per heavy atom. The number of carboxylic acid groups (broad SMARTS) is 1. The van der Waals surface area contributed by atoms with Crippen LogP contribution in [0.15, 0.2) is 28.8 Å². The lowest BCUT2D eigenvalue weighted by Crippen LogP contribution is -2.50. The molecule has 2 fully saturated rings. The van der Waals surface area contributed by atoms with Gasteiger partial charge in [0, 0.05) is 25.2 Å². The van der Waals surface area contributed by atoms with E-state index in [-0.39, 0.29) is 5.56 Å². The number of benzene rings is 1. The van der Waals surface area contributed by atoms with E-state index >= 15 is 0 Å². The molecule has 2 N–H and O–H groups in total. The van der Waals surface area contributed by atoms with Gasteiger partial charge in [0.05, 0.1) is 17.7 Å². The Labute approximate surface area is 163 Å². The van der Waals surface area contributed by atoms with Crippen LogP contribution in [0.1, 0.15) is 41.9 Å². The molecular formula is C20H26N4O4. The highest BCUT2D eigenvalue weighted by atomic mass is 16.5. The van der Waals surface area contributed by atoms with Crippen LogP contribution in [0.25, 0.3) is 11.4 Å². The smallest absolute Gasteiger partial charge is 0.335 e. The van der Waals surface area contributed by atoms with Crippen LogP contribution in [-0.4, -0.2) is 74.4 Å². The van der Waals surface area contributed by atoms with E-state index in [1.165, 1.54) is 25.0 Å². The number of aliphatic hydroxyl groups is 1. The summed E-state index contributed by atoms with van der Waals surface area (Å²) < 4.78 is 5.37. The first kappa shape index (κ1) is 19.0. The van der Waals surface area contributed by atoms with Gasteiger partial charge in [-0.1, -0.05) is 17.3 Å². The third-order valence-electron chi connectivity index (χ3n) is 5.72. The van der Waals surface area contributed by atoms with Gasteiger partial charge in [-0.3, -0.25) is 4.90 Å². The molecule has 0 radical (unpaired) electrons. The number of likely N-dealkylation sites (tertiary alicyclic amines) is 2. The number of rotatable bonds is 6. The van der Waals surface area contributed by atoms with Crippen LogP contribution < -0.4 is 0 Å². The second-order valence-corrected chi connectivity index (χ2v) is 7.88. The first-order valence-corrected chi connectivity index (χ1v) is 9.84. The largest absolute Gasteiger partial charge is 0.478 e. The Kier molecular flexibility index (Phi) is 5.43. The fraction of sp³-hybridized carbons (Fsp3) is 0.550. The Hall–Kier alpha value is -2.29. The van der Waals surface area contributed by atoms with Crippen molar-refractivity contribution in [3.8, 4) is 11.4 Å². The molecule has 28 heavy (non-hydrogen) atoms. The van der Waals surface area contributed by atoms with E-state index in [1.54, 1.807) is 12.1 Å². The minimum atomic E-state index is -0.963. The SMILES string of the molecule is O=C(O)c1ccc(-c2noc(CN3CCC(O)(CN4CCCC4)CC3)n2)cc1. The lowest BCUT2D eigenvalue weighted by atomic mass is 9.91. The third kappa shape index (κ3) is 4.40. The van der Waals surface area contributed by atoms with Crippen molar-refractivity contribution < 1.29 is 19.5 Å². The lowest BCUT2D eigenvalue weighted by Gasteiger charge is -2.39. The van der Waals surface area contributed by atoms with Crippen molar-refractivity contribution in [1.82, 2.24) is 19.9 Å². The number of aromatic nitrogens is 2. The molecule has 0 atom stereocenters. The van der Waals surface area contributed by atoms with Crippen LogP contribution in [0.5, 0.6) is 0 Å². The molecular weight excluding hydrogens is 360 g/mol. The summed E-state index contributed by atoms with van der Waals surface area (Å²) in [4.78, 5) is 20.0. The molecule has 2 saturated heterocycles. The maximum Gasteiger partial charge on any atom is 0.335 e. The van der Waals surface area contributed by atoms with E-state index < -0.39 is 11.6 Å². The molecule has 2 aliphatic heterocycles. The summed E-state index contributed by atoms with van der Waals surface area (Å²) in [6.45, 7) is 5.14. The van der Waals surface area contributed by atoms with Crippen molar-refractivity contribution in [1.29, 1.82) is 0 Å². The van der Waals surface area contributed by atoms with Crippen LogP contribution in [0, 0.1) is 0 Å². The number of piperidine rings is 1. The van der Waals surface area contributed by atoms with Crippen molar-refractivity contribution >= 4 is 5.97 Å². The summed E-state index contributed by atoms with van der Waals surface area (Å²) in [5.41, 5.74) is 0.355. The molecule has 0 spiro atoms. The summed E-state index contributed by atoms with van der Waals surface area (Å²) >= 11 is 0. The first-order chi connectivity index (χ1) is 13.5. The molecule has 1 aromatic carbocycles. The van der Waals surface area contributed by atoms with Crippen molar-refractivity contribution in [3.63, 3.8) is 0 Å². The van der Waals surface area contributed by atoms with E-state index in [0.717, 1.165) is 51.1 Å². The Balaban J connectivity index is 1.31. The summed E-state index contributed by atoms with van der Waals surface area (Å²) in [5, 5.41) is 23.8. The highest BCUT2D eigenvalue weighted by molar-refractivity contribution is 5.88. The van der Waals surface area contributed by atoms with Gasteiger partial charge >= 0.3 is 5.97 Å². The lowest BCUT2D eigenvalue weighted by molar-refractivity contribution is -0.0444. The van der Waals surface area contributed by atoms with Crippen molar-refractivity contribution in [3.05, 3.63) is 35.7 Å². The van der Waals surface area contributed by atoms with E-state index in [4.69, 9.17) is 9.63 Å². The predicted molar refractivity (Wildman–Crippen MR) is 102 cm³/mol. The normalized spacial score (nSPS) is 20.5. The number of hydrogen-bond acceptors (Lipinski definition) is 7. The van der Waals surface area contributed by atoms with Crippen LogP contribution in [0.3, 0.4) is 0 Å². The van der Waals surface area contributed by atoms with E-state index in [0.29, 0.717) is 18.3 Å². The average molecular weight is 386 g/mol. The Bertz CT molecular complexity index is 806. The van der Waals surface area contributed by atoms with Gasteiger partial charge in [-0.15, -0.1) is 0 Å². The zero-order chi connectivity index (χ0) is 19.6. The summed E-state index contributed by atoms with van der Waals surface area (Å²) in [7, 11) is 0. The molecule has 8 heteroatoms. The minimum absolute atomic E-state index is 0.224. The molecule has 0 saturated carbocycles. The summed E-state index contributed by atoms with van der Waals surface area (Å²) in [5.74, 6) is 0.0203. The Morgan fingerprint density at radius 3 is 2.39 bits per heavy atom. The highest BCUT2D eigenvalue weighted by Crippen LogP contribution is 2.26. The quantitative estimate of drug-likeness (QED) is 0.775. The number of β-amino-alcohol motifs (C(OH)–C–C–N with tert-alkyl or cyclic N) is 1. The van der Waals surface area contributed by atoms with Gasteiger partial charge in [-0.2, -0.15) is 4.98 Å². The van der Waals surface area contributed by atoms with Crippen molar-refractivity contribution in [2.75, 3.05) is 32.7 Å².